The Kier molecular flexibility index (Phi) is 3.78. The molecule has 0 aliphatic heterocycles. The highest BCUT2D eigenvalue weighted by molar-refractivity contribution is 5.80. The Morgan fingerprint density at radius 3 is 2.71 bits per heavy atom. The van der Waals surface area contributed by atoms with E-state index in [1.54, 1.807) is 0 Å². The lowest BCUT2D eigenvalue weighted by molar-refractivity contribution is 1.05. The van der Waals surface area contributed by atoms with Crippen molar-refractivity contribution < 1.29 is 0 Å². The molecule has 0 amide bonds. The average molecular weight is 276 g/mol. The average Bonchev–Trinajstić information content (AvgIpc) is 2.48. The van der Waals surface area contributed by atoms with Gasteiger partial charge in [0.05, 0.1) is 0 Å². The van der Waals surface area contributed by atoms with Crippen molar-refractivity contribution >= 4 is 22.6 Å². The molecule has 3 N–H and O–H groups in total. The van der Waals surface area contributed by atoms with E-state index in [0.29, 0.717) is 0 Å². The zero-order chi connectivity index (χ0) is 14.7. The number of anilines is 3. The first kappa shape index (κ1) is 13.5. The Morgan fingerprint density at radius 2 is 1.95 bits per heavy atom. The van der Waals surface area contributed by atoms with Crippen LogP contribution in [0.25, 0.3) is 5.57 Å². The Labute approximate surface area is 126 Å². The zero-order valence-corrected chi connectivity index (χ0v) is 12.3. The van der Waals surface area contributed by atoms with Gasteiger partial charge in [0.2, 0.25) is 0 Å². The van der Waals surface area contributed by atoms with E-state index >= 15 is 0 Å². The van der Waals surface area contributed by atoms with Crippen LogP contribution in [0.2, 0.25) is 0 Å². The van der Waals surface area contributed by atoms with Crippen LogP contribution in [0.15, 0.2) is 60.7 Å². The molecule has 0 saturated heterocycles. The van der Waals surface area contributed by atoms with Crippen molar-refractivity contribution in [1.82, 2.24) is 0 Å². The van der Waals surface area contributed by atoms with Gasteiger partial charge >= 0.3 is 0 Å². The van der Waals surface area contributed by atoms with E-state index in [0.717, 1.165) is 35.5 Å². The van der Waals surface area contributed by atoms with E-state index in [1.165, 1.54) is 11.1 Å². The molecule has 1 aliphatic carbocycles. The van der Waals surface area contributed by atoms with Gasteiger partial charge in [-0.05, 0) is 55.2 Å². The second-order valence-corrected chi connectivity index (χ2v) is 5.46. The highest BCUT2D eigenvalue weighted by Crippen LogP contribution is 2.31. The van der Waals surface area contributed by atoms with Crippen molar-refractivity contribution in [1.29, 1.82) is 0 Å². The van der Waals surface area contributed by atoms with Crippen molar-refractivity contribution in [3.8, 4) is 0 Å². The molecule has 0 radical (unpaired) electrons. The number of aryl methyl sites for hydroxylation is 1. The first-order valence-corrected chi connectivity index (χ1v) is 7.32. The van der Waals surface area contributed by atoms with Crippen LogP contribution < -0.4 is 11.1 Å². The van der Waals surface area contributed by atoms with Crippen LogP contribution in [0.4, 0.5) is 17.1 Å². The van der Waals surface area contributed by atoms with E-state index in [1.807, 2.05) is 12.1 Å². The number of nitrogens with two attached hydrogens (primary N) is 1. The number of nitrogen functional groups attached to an aromatic ring is 1. The molecule has 2 aromatic rings. The second kappa shape index (κ2) is 5.88. The topological polar surface area (TPSA) is 38.0 Å². The summed E-state index contributed by atoms with van der Waals surface area (Å²) < 4.78 is 0. The van der Waals surface area contributed by atoms with Crippen molar-refractivity contribution in [2.75, 3.05) is 11.1 Å². The smallest absolute Gasteiger partial charge is 0.0460 e. The third kappa shape index (κ3) is 3.16. The molecule has 1 aliphatic rings. The fourth-order valence-electron chi connectivity index (χ4n) is 2.74. The van der Waals surface area contributed by atoms with E-state index in [4.69, 9.17) is 5.73 Å². The van der Waals surface area contributed by atoms with Crippen LogP contribution in [0.5, 0.6) is 0 Å². The van der Waals surface area contributed by atoms with Gasteiger partial charge in [0.1, 0.15) is 0 Å². The molecule has 0 aromatic heterocycles. The minimum Gasteiger partial charge on any atom is -0.399 e. The molecule has 0 spiro atoms. The highest BCUT2D eigenvalue weighted by Gasteiger charge is 2.08. The molecule has 2 heteroatoms. The number of nitrogens with one attached hydrogen (secondary N) is 1. The lowest BCUT2D eigenvalue weighted by Gasteiger charge is -2.16. The molecular weight excluding hydrogens is 256 g/mol. The monoisotopic (exact) mass is 276 g/mol. The van der Waals surface area contributed by atoms with Gasteiger partial charge in [-0.3, -0.25) is 0 Å². The summed E-state index contributed by atoms with van der Waals surface area (Å²) in [5, 5.41) is 3.51. The number of rotatable bonds is 3. The summed E-state index contributed by atoms with van der Waals surface area (Å²) in [5.41, 5.74) is 12.7. The SMILES string of the molecule is Cc1cc(N)cc(Nc2ccccc2C2=CC=CCC2)c1. The number of allylic oxidation sites excluding steroid dienone is 4. The summed E-state index contributed by atoms with van der Waals surface area (Å²) in [7, 11) is 0. The summed E-state index contributed by atoms with van der Waals surface area (Å²) in [6, 6.07) is 14.5. The number of para-hydroxylation sites is 1. The summed E-state index contributed by atoms with van der Waals surface area (Å²) in [6.07, 6.45) is 8.75. The van der Waals surface area contributed by atoms with Crippen molar-refractivity contribution in [2.24, 2.45) is 0 Å². The van der Waals surface area contributed by atoms with Crippen LogP contribution >= 0.6 is 0 Å². The quantitative estimate of drug-likeness (QED) is 0.769. The van der Waals surface area contributed by atoms with Gasteiger partial charge in [-0.2, -0.15) is 0 Å². The predicted molar refractivity (Wildman–Crippen MR) is 91.7 cm³/mol. The zero-order valence-electron chi connectivity index (χ0n) is 12.3. The normalized spacial score (nSPS) is 13.9. The first-order chi connectivity index (χ1) is 10.2. The minimum absolute atomic E-state index is 0.787. The van der Waals surface area contributed by atoms with Gasteiger partial charge < -0.3 is 11.1 Å². The molecular formula is C19H20N2. The Morgan fingerprint density at radius 1 is 1.10 bits per heavy atom. The van der Waals surface area contributed by atoms with Crippen LogP contribution in [-0.4, -0.2) is 0 Å². The maximum absolute atomic E-state index is 5.93. The predicted octanol–water partition coefficient (Wildman–Crippen LogP) is 5.05. The number of hydrogen-bond donors (Lipinski definition) is 2. The molecule has 2 aromatic carbocycles. The fourth-order valence-corrected chi connectivity index (χ4v) is 2.74. The second-order valence-electron chi connectivity index (χ2n) is 5.46. The van der Waals surface area contributed by atoms with Gasteiger partial charge in [-0.1, -0.05) is 36.4 Å². The Bertz CT molecular complexity index is 691. The summed E-state index contributed by atoms with van der Waals surface area (Å²) >= 11 is 0. The van der Waals surface area contributed by atoms with Gasteiger partial charge in [-0.15, -0.1) is 0 Å². The lowest BCUT2D eigenvalue weighted by atomic mass is 9.96. The van der Waals surface area contributed by atoms with E-state index in [2.05, 4.69) is 60.8 Å². The fraction of sp³-hybridized carbons (Fsp3) is 0.158. The van der Waals surface area contributed by atoms with Gasteiger partial charge in [0.25, 0.3) is 0 Å². The lowest BCUT2D eigenvalue weighted by Crippen LogP contribution is -1.98. The summed E-state index contributed by atoms with van der Waals surface area (Å²) in [4.78, 5) is 0. The molecule has 0 saturated carbocycles. The number of benzene rings is 2. The molecule has 106 valence electrons. The maximum Gasteiger partial charge on any atom is 0.0460 e. The van der Waals surface area contributed by atoms with Crippen molar-refractivity contribution in [3.05, 3.63) is 71.8 Å². The molecule has 3 rings (SSSR count). The van der Waals surface area contributed by atoms with E-state index in [-0.39, 0.29) is 0 Å². The molecule has 0 atom stereocenters. The summed E-state index contributed by atoms with van der Waals surface area (Å²) in [5.74, 6) is 0. The Balaban J connectivity index is 1.95. The molecule has 2 nitrogen and oxygen atoms in total. The molecule has 0 fully saturated rings. The van der Waals surface area contributed by atoms with Crippen LogP contribution in [0.3, 0.4) is 0 Å². The van der Waals surface area contributed by atoms with Crippen LogP contribution in [0.1, 0.15) is 24.0 Å². The summed E-state index contributed by atoms with van der Waals surface area (Å²) in [6.45, 7) is 2.06. The Hall–Kier alpha value is -2.48. The minimum atomic E-state index is 0.787. The van der Waals surface area contributed by atoms with Gasteiger partial charge in [0.15, 0.2) is 0 Å². The molecule has 0 unspecified atom stereocenters. The third-order valence-corrected chi connectivity index (χ3v) is 3.67. The first-order valence-electron chi connectivity index (χ1n) is 7.32. The van der Waals surface area contributed by atoms with Gasteiger partial charge in [-0.25, -0.2) is 0 Å². The van der Waals surface area contributed by atoms with Gasteiger partial charge in [0, 0.05) is 22.6 Å². The van der Waals surface area contributed by atoms with Crippen molar-refractivity contribution in [3.63, 3.8) is 0 Å². The van der Waals surface area contributed by atoms with E-state index in [9.17, 15) is 0 Å². The highest BCUT2D eigenvalue weighted by atomic mass is 14.9. The standard InChI is InChI=1S/C19H20N2/c1-14-11-16(20)13-17(12-14)21-19-10-6-5-9-18(19)15-7-3-2-4-8-15/h2-3,5-7,9-13,21H,4,8,20H2,1H3. The maximum atomic E-state index is 5.93. The van der Waals surface area contributed by atoms with Crippen molar-refractivity contribution in [2.45, 2.75) is 19.8 Å². The largest absolute Gasteiger partial charge is 0.399 e. The van der Waals surface area contributed by atoms with E-state index < -0.39 is 0 Å². The third-order valence-electron chi connectivity index (χ3n) is 3.67. The molecule has 21 heavy (non-hydrogen) atoms. The molecule has 0 heterocycles. The molecule has 0 bridgehead atoms. The van der Waals surface area contributed by atoms with Crippen LogP contribution in [0, 0.1) is 6.92 Å². The van der Waals surface area contributed by atoms with Crippen LogP contribution in [-0.2, 0) is 0 Å². The number of hydrogen-bond acceptors (Lipinski definition) is 2.